The van der Waals surface area contributed by atoms with Crippen LogP contribution in [0.1, 0.15) is 16.1 Å². The van der Waals surface area contributed by atoms with Gasteiger partial charge in [0.15, 0.2) is 5.82 Å². The molecule has 0 saturated carbocycles. The summed E-state index contributed by atoms with van der Waals surface area (Å²) < 4.78 is 19.4. The average Bonchev–Trinajstić information content (AvgIpc) is 2.80. The number of aromatic nitrogens is 2. The first-order valence-electron chi connectivity index (χ1n) is 6.02. The van der Waals surface area contributed by atoms with Gasteiger partial charge in [-0.1, -0.05) is 0 Å². The molecule has 2 aromatic rings. The van der Waals surface area contributed by atoms with Gasteiger partial charge in [0.05, 0.1) is 17.8 Å². The zero-order valence-corrected chi connectivity index (χ0v) is 11.8. The molecule has 0 saturated heterocycles. The lowest BCUT2D eigenvalue weighted by molar-refractivity contribution is 0.291. The molecule has 2 aromatic heterocycles. The Labute approximate surface area is 115 Å². The Balaban J connectivity index is 1.96. The van der Waals surface area contributed by atoms with E-state index in [4.69, 9.17) is 4.74 Å². The van der Waals surface area contributed by atoms with Crippen LogP contribution >= 0.6 is 11.3 Å². The van der Waals surface area contributed by atoms with Crippen LogP contribution in [0.5, 0.6) is 5.88 Å². The lowest BCUT2D eigenvalue weighted by Gasteiger charge is -2.08. The second-order valence-corrected chi connectivity index (χ2v) is 5.02. The quantitative estimate of drug-likeness (QED) is 0.883. The van der Waals surface area contributed by atoms with Crippen molar-refractivity contribution in [1.29, 1.82) is 0 Å². The van der Waals surface area contributed by atoms with E-state index in [9.17, 15) is 4.39 Å². The molecule has 0 aliphatic carbocycles. The third-order valence-corrected chi connectivity index (χ3v) is 3.71. The van der Waals surface area contributed by atoms with E-state index in [1.54, 1.807) is 36.2 Å². The zero-order chi connectivity index (χ0) is 13.7. The fourth-order valence-corrected chi connectivity index (χ4v) is 2.46. The van der Waals surface area contributed by atoms with E-state index >= 15 is 0 Å². The van der Waals surface area contributed by atoms with Gasteiger partial charge in [0.25, 0.3) is 5.88 Å². The first kappa shape index (κ1) is 13.9. The molecule has 0 aromatic carbocycles. The van der Waals surface area contributed by atoms with E-state index in [-0.39, 0.29) is 5.88 Å². The van der Waals surface area contributed by atoms with E-state index in [0.29, 0.717) is 25.1 Å². The summed E-state index contributed by atoms with van der Waals surface area (Å²) in [5.74, 6) is -0.326. The van der Waals surface area contributed by atoms with Gasteiger partial charge in [0, 0.05) is 29.6 Å². The van der Waals surface area contributed by atoms with Gasteiger partial charge in [0.1, 0.15) is 0 Å². The number of halogens is 1. The van der Waals surface area contributed by atoms with Crippen LogP contribution in [0.2, 0.25) is 0 Å². The minimum Gasteiger partial charge on any atom is -0.475 e. The normalized spacial score (nSPS) is 10.7. The maximum atomic E-state index is 14.0. The number of nitrogens with one attached hydrogen (secondary N) is 1. The smallest absolute Gasteiger partial charge is 0.250 e. The molecule has 1 N–H and O–H groups in total. The maximum Gasteiger partial charge on any atom is 0.250 e. The van der Waals surface area contributed by atoms with Crippen LogP contribution < -0.4 is 10.1 Å². The highest BCUT2D eigenvalue weighted by Crippen LogP contribution is 2.18. The van der Waals surface area contributed by atoms with Crippen LogP contribution in [0.25, 0.3) is 0 Å². The van der Waals surface area contributed by atoms with Crippen molar-refractivity contribution in [3.05, 3.63) is 39.7 Å². The number of hydrogen-bond acceptors (Lipinski definition) is 5. The molecule has 2 heterocycles. The molecule has 0 bridgehead atoms. The number of thiazole rings is 1. The largest absolute Gasteiger partial charge is 0.475 e. The molecular formula is C13H16FN3OS. The van der Waals surface area contributed by atoms with Crippen LogP contribution in [0, 0.1) is 12.7 Å². The second-order valence-electron chi connectivity index (χ2n) is 4.08. The molecule has 0 amide bonds. The molecule has 0 spiro atoms. The molecule has 0 unspecified atom stereocenters. The van der Waals surface area contributed by atoms with Crippen LogP contribution in [-0.4, -0.2) is 23.6 Å². The SMILES string of the molecule is CNCc1ccnc(OCCc2scnc2C)c1F. The summed E-state index contributed by atoms with van der Waals surface area (Å²) in [5.41, 5.74) is 3.37. The molecule has 4 nitrogen and oxygen atoms in total. The Kier molecular flexibility index (Phi) is 4.81. The second kappa shape index (κ2) is 6.58. The van der Waals surface area contributed by atoms with Crippen molar-refractivity contribution in [2.45, 2.75) is 19.9 Å². The number of pyridine rings is 1. The van der Waals surface area contributed by atoms with Gasteiger partial charge in [-0.2, -0.15) is 0 Å². The number of aryl methyl sites for hydroxylation is 1. The van der Waals surface area contributed by atoms with Crippen molar-refractivity contribution in [2.75, 3.05) is 13.7 Å². The van der Waals surface area contributed by atoms with Crippen molar-refractivity contribution in [2.24, 2.45) is 0 Å². The maximum absolute atomic E-state index is 14.0. The Bertz CT molecular complexity index is 544. The minimum atomic E-state index is -0.391. The topological polar surface area (TPSA) is 47.0 Å². The third-order valence-electron chi connectivity index (χ3n) is 2.72. The van der Waals surface area contributed by atoms with Gasteiger partial charge in [-0.3, -0.25) is 0 Å². The van der Waals surface area contributed by atoms with Crippen LogP contribution in [0.3, 0.4) is 0 Å². The lowest BCUT2D eigenvalue weighted by Crippen LogP contribution is -2.10. The Hall–Kier alpha value is -1.53. The third kappa shape index (κ3) is 3.48. The van der Waals surface area contributed by atoms with E-state index in [1.165, 1.54) is 0 Å². The summed E-state index contributed by atoms with van der Waals surface area (Å²) in [6.45, 7) is 2.81. The average molecular weight is 281 g/mol. The van der Waals surface area contributed by atoms with Gasteiger partial charge in [-0.15, -0.1) is 11.3 Å². The molecule has 0 radical (unpaired) electrons. The van der Waals surface area contributed by atoms with E-state index in [0.717, 1.165) is 10.6 Å². The first-order chi connectivity index (χ1) is 9.22. The summed E-state index contributed by atoms with van der Waals surface area (Å²) in [5, 5.41) is 2.91. The molecule has 0 fully saturated rings. The number of hydrogen-bond donors (Lipinski definition) is 1. The Morgan fingerprint density at radius 1 is 1.42 bits per heavy atom. The molecule has 102 valence electrons. The Morgan fingerprint density at radius 3 is 2.95 bits per heavy atom. The highest BCUT2D eigenvalue weighted by Gasteiger charge is 2.10. The van der Waals surface area contributed by atoms with Gasteiger partial charge in [0.2, 0.25) is 0 Å². The molecule has 2 rings (SSSR count). The predicted molar refractivity (Wildman–Crippen MR) is 73.0 cm³/mol. The van der Waals surface area contributed by atoms with Crippen LogP contribution in [0.4, 0.5) is 4.39 Å². The molecule has 19 heavy (non-hydrogen) atoms. The van der Waals surface area contributed by atoms with Crippen LogP contribution in [-0.2, 0) is 13.0 Å². The summed E-state index contributed by atoms with van der Waals surface area (Å²) >= 11 is 1.58. The number of nitrogens with zero attached hydrogens (tertiary/aromatic N) is 2. The van der Waals surface area contributed by atoms with Gasteiger partial charge < -0.3 is 10.1 Å². The van der Waals surface area contributed by atoms with Gasteiger partial charge in [-0.05, 0) is 20.0 Å². The lowest BCUT2D eigenvalue weighted by atomic mass is 10.2. The van der Waals surface area contributed by atoms with Crippen molar-refractivity contribution < 1.29 is 9.13 Å². The van der Waals surface area contributed by atoms with Gasteiger partial charge in [-0.25, -0.2) is 14.4 Å². The molecule has 0 atom stereocenters. The summed E-state index contributed by atoms with van der Waals surface area (Å²) in [6, 6.07) is 1.64. The highest BCUT2D eigenvalue weighted by atomic mass is 32.1. The highest BCUT2D eigenvalue weighted by molar-refractivity contribution is 7.09. The number of rotatable bonds is 6. The van der Waals surface area contributed by atoms with Crippen molar-refractivity contribution in [1.82, 2.24) is 15.3 Å². The number of ether oxygens (including phenoxy) is 1. The first-order valence-corrected chi connectivity index (χ1v) is 6.90. The van der Waals surface area contributed by atoms with Gasteiger partial charge >= 0.3 is 0 Å². The van der Waals surface area contributed by atoms with Crippen molar-refractivity contribution >= 4 is 11.3 Å². The fraction of sp³-hybridized carbons (Fsp3) is 0.385. The molecule has 0 aliphatic heterocycles. The van der Waals surface area contributed by atoms with Crippen LogP contribution in [0.15, 0.2) is 17.8 Å². The Morgan fingerprint density at radius 2 is 2.26 bits per heavy atom. The molecule has 0 aliphatic rings. The van der Waals surface area contributed by atoms with Crippen molar-refractivity contribution in [3.8, 4) is 5.88 Å². The van der Waals surface area contributed by atoms with E-state index < -0.39 is 5.82 Å². The monoisotopic (exact) mass is 281 g/mol. The van der Waals surface area contributed by atoms with Crippen molar-refractivity contribution in [3.63, 3.8) is 0 Å². The molecule has 6 heteroatoms. The van der Waals surface area contributed by atoms with E-state index in [1.807, 2.05) is 6.92 Å². The molecular weight excluding hydrogens is 265 g/mol. The summed E-state index contributed by atoms with van der Waals surface area (Å²) in [7, 11) is 1.77. The summed E-state index contributed by atoms with van der Waals surface area (Å²) in [6.07, 6.45) is 2.27. The summed E-state index contributed by atoms with van der Waals surface area (Å²) in [4.78, 5) is 9.25. The van der Waals surface area contributed by atoms with E-state index in [2.05, 4.69) is 15.3 Å². The zero-order valence-electron chi connectivity index (χ0n) is 10.9. The predicted octanol–water partition coefficient (Wildman–Crippen LogP) is 2.33. The standard InChI is InChI=1S/C13H16FN3OS/c1-9-11(19-8-17-9)4-6-18-13-12(14)10(7-15-2)3-5-16-13/h3,5,8,15H,4,6-7H2,1-2H3. The fourth-order valence-electron chi connectivity index (χ4n) is 1.70. The minimum absolute atomic E-state index is 0.0647.